The van der Waals surface area contributed by atoms with Crippen molar-refractivity contribution in [3.63, 3.8) is 0 Å². The fourth-order valence-electron chi connectivity index (χ4n) is 5.90. The Hall–Kier alpha value is -5.33. The largest absolute Gasteiger partial charge is 0.481 e. The molecule has 1 saturated carbocycles. The monoisotopic (exact) mass is 668 g/mol. The van der Waals surface area contributed by atoms with Crippen molar-refractivity contribution in [3.8, 4) is 28.4 Å². The number of amides is 3. The Bertz CT molecular complexity index is 1710. The molecule has 5 rings (SSSR count). The second kappa shape index (κ2) is 15.7. The Labute approximate surface area is 286 Å². The van der Waals surface area contributed by atoms with Crippen LogP contribution in [-0.4, -0.2) is 68.8 Å². The van der Waals surface area contributed by atoms with E-state index in [1.165, 1.54) is 0 Å². The zero-order chi connectivity index (χ0) is 35.0. The van der Waals surface area contributed by atoms with Crippen molar-refractivity contribution < 1.29 is 23.9 Å². The first-order valence-electron chi connectivity index (χ1n) is 16.5. The molecule has 13 heteroatoms. The van der Waals surface area contributed by atoms with Crippen molar-refractivity contribution in [2.75, 3.05) is 19.0 Å². The number of benzene rings is 2. The van der Waals surface area contributed by atoms with E-state index in [9.17, 15) is 14.4 Å². The van der Waals surface area contributed by atoms with Gasteiger partial charge in [-0.25, -0.2) is 9.78 Å². The number of H-pyrrole nitrogens is 1. The number of aromatic amines is 1. The Balaban J connectivity index is 1.24. The number of hydrogen-bond donors (Lipinski definition) is 4. The quantitative estimate of drug-likeness (QED) is 0.167. The number of ether oxygens (including phenoxy) is 2. The van der Waals surface area contributed by atoms with Crippen LogP contribution >= 0.6 is 0 Å². The van der Waals surface area contributed by atoms with Gasteiger partial charge in [-0.05, 0) is 106 Å². The van der Waals surface area contributed by atoms with Crippen molar-refractivity contribution in [1.82, 2.24) is 36.2 Å². The molecule has 0 saturated heterocycles. The summed E-state index contributed by atoms with van der Waals surface area (Å²) in [6.07, 6.45) is 2.78. The highest BCUT2D eigenvalue weighted by atomic mass is 16.6. The van der Waals surface area contributed by atoms with Crippen molar-refractivity contribution in [2.45, 2.75) is 71.4 Å². The van der Waals surface area contributed by atoms with E-state index in [2.05, 4.69) is 41.6 Å². The number of carbonyl (C=O) groups excluding carboxylic acids is 3. The van der Waals surface area contributed by atoms with E-state index >= 15 is 0 Å². The van der Waals surface area contributed by atoms with Gasteiger partial charge in [-0.3, -0.25) is 9.59 Å². The van der Waals surface area contributed by atoms with Gasteiger partial charge in [0.25, 0.3) is 0 Å². The average molecular weight is 669 g/mol. The third-order valence-corrected chi connectivity index (χ3v) is 8.51. The van der Waals surface area contributed by atoms with Crippen molar-refractivity contribution in [1.29, 1.82) is 0 Å². The van der Waals surface area contributed by atoms with Crippen LogP contribution in [0.1, 0.15) is 57.7 Å². The Kier molecular flexibility index (Phi) is 11.2. The molecular weight excluding hydrogens is 624 g/mol. The van der Waals surface area contributed by atoms with E-state index < -0.39 is 17.7 Å². The number of nitrogens with one attached hydrogen (secondary N) is 4. The van der Waals surface area contributed by atoms with Gasteiger partial charge in [0.1, 0.15) is 11.6 Å². The molecule has 2 heterocycles. The summed E-state index contributed by atoms with van der Waals surface area (Å²) in [5.74, 6) is 0.558. The molecule has 0 bridgehead atoms. The predicted octanol–water partition coefficient (Wildman–Crippen LogP) is 5.24. The van der Waals surface area contributed by atoms with Gasteiger partial charge in [-0.15, -0.1) is 10.2 Å². The number of aryl methyl sites for hydroxylation is 1. The van der Waals surface area contributed by atoms with Crippen LogP contribution in [0.3, 0.4) is 0 Å². The summed E-state index contributed by atoms with van der Waals surface area (Å²) < 4.78 is 10.6. The van der Waals surface area contributed by atoms with Crippen LogP contribution in [0.2, 0.25) is 0 Å². The number of tetrazole rings is 1. The minimum absolute atomic E-state index is 0.150. The molecule has 0 aliphatic heterocycles. The lowest BCUT2D eigenvalue weighted by Gasteiger charge is -2.29. The minimum Gasteiger partial charge on any atom is -0.481 e. The van der Waals surface area contributed by atoms with Gasteiger partial charge in [0.05, 0.1) is 7.11 Å². The van der Waals surface area contributed by atoms with Crippen LogP contribution in [0.4, 0.5) is 10.5 Å². The minimum atomic E-state index is -0.814. The van der Waals surface area contributed by atoms with Crippen molar-refractivity contribution in [3.05, 3.63) is 71.9 Å². The first-order chi connectivity index (χ1) is 23.5. The first kappa shape index (κ1) is 35.0. The topological polar surface area (TPSA) is 173 Å². The van der Waals surface area contributed by atoms with Gasteiger partial charge in [-0.1, -0.05) is 24.3 Å². The zero-order valence-corrected chi connectivity index (χ0v) is 28.6. The standard InChI is InChI=1S/C36H44N8O5/c1-22-29(18-19-31(38-22)48-5)25-10-6-23(7-11-25)20-30(34(46)39-28-16-14-26(15-17-28)32-41-43-44-42-32)40-33(45)27-12-8-24(9-13-27)21-37-35(47)49-36(2,3)4/h6-7,10-11,14-19,24,27,30H,8-9,12-13,20-21H2,1-5H3,(H,37,47)(H,39,46)(H,40,45)(H,41,42,43,44)/t24?,27?,30-/m0/s1. The number of anilines is 1. The molecule has 4 aromatic rings. The molecule has 1 aliphatic carbocycles. The Morgan fingerprint density at radius 2 is 1.63 bits per heavy atom. The number of aromatic nitrogens is 5. The van der Waals surface area contributed by atoms with Crippen molar-refractivity contribution in [2.24, 2.45) is 11.8 Å². The summed E-state index contributed by atoms with van der Waals surface area (Å²) in [6.45, 7) is 7.92. The second-order valence-corrected chi connectivity index (χ2v) is 13.4. The van der Waals surface area contributed by atoms with Gasteiger partial charge in [0.2, 0.25) is 23.5 Å². The number of nitrogens with zero attached hydrogens (tertiary/aromatic N) is 4. The normalized spacial score (nSPS) is 16.7. The second-order valence-electron chi connectivity index (χ2n) is 13.4. The van der Waals surface area contributed by atoms with Crippen LogP contribution < -0.4 is 20.7 Å². The molecule has 13 nitrogen and oxygen atoms in total. The number of pyridine rings is 1. The van der Waals surface area contributed by atoms with E-state index in [4.69, 9.17) is 9.47 Å². The summed E-state index contributed by atoms with van der Waals surface area (Å²) in [7, 11) is 1.59. The molecule has 1 aliphatic rings. The molecule has 0 radical (unpaired) electrons. The van der Waals surface area contributed by atoms with Gasteiger partial charge in [0.15, 0.2) is 0 Å². The number of hydrogen-bond acceptors (Lipinski definition) is 9. The lowest BCUT2D eigenvalue weighted by molar-refractivity contribution is -0.130. The molecular formula is C36H44N8O5. The first-order valence-corrected chi connectivity index (χ1v) is 16.5. The maximum absolute atomic E-state index is 13.7. The third kappa shape index (κ3) is 9.84. The molecule has 0 spiro atoms. The molecule has 3 amide bonds. The molecule has 0 unspecified atom stereocenters. The van der Waals surface area contributed by atoms with Crippen molar-refractivity contribution >= 4 is 23.6 Å². The summed E-state index contributed by atoms with van der Waals surface area (Å²) in [5.41, 5.74) is 4.47. The zero-order valence-electron chi connectivity index (χ0n) is 28.6. The number of alkyl carbamates (subject to hydrolysis) is 1. The van der Waals surface area contributed by atoms with Gasteiger partial charge in [0, 0.05) is 47.5 Å². The Morgan fingerprint density at radius 1 is 0.939 bits per heavy atom. The lowest BCUT2D eigenvalue weighted by Crippen LogP contribution is -2.48. The summed E-state index contributed by atoms with van der Waals surface area (Å²) in [5, 5.41) is 22.8. The van der Waals surface area contributed by atoms with E-state index in [-0.39, 0.29) is 23.7 Å². The number of rotatable bonds is 11. The molecule has 49 heavy (non-hydrogen) atoms. The molecule has 2 aromatic carbocycles. The molecule has 258 valence electrons. The van der Waals surface area contributed by atoms with Gasteiger partial charge < -0.3 is 25.4 Å². The molecule has 1 atom stereocenters. The summed E-state index contributed by atoms with van der Waals surface area (Å²) in [4.78, 5) is 43.8. The molecule has 1 fully saturated rings. The fourth-order valence-corrected chi connectivity index (χ4v) is 5.90. The van der Waals surface area contributed by atoms with E-state index in [1.54, 1.807) is 31.4 Å². The highest BCUT2D eigenvalue weighted by Gasteiger charge is 2.30. The summed E-state index contributed by atoms with van der Waals surface area (Å²) in [6, 6.07) is 18.0. The number of methoxy groups -OCH3 is 1. The molecule has 2 aromatic heterocycles. The van der Waals surface area contributed by atoms with Crippen LogP contribution in [-0.2, 0) is 20.7 Å². The van der Waals surface area contributed by atoms with E-state index in [1.807, 2.05) is 64.1 Å². The maximum Gasteiger partial charge on any atom is 0.407 e. The summed E-state index contributed by atoms with van der Waals surface area (Å²) >= 11 is 0. The van der Waals surface area contributed by atoms with Crippen LogP contribution in [0.15, 0.2) is 60.7 Å². The van der Waals surface area contributed by atoms with Gasteiger partial charge >= 0.3 is 6.09 Å². The number of carbonyl (C=O) groups is 3. The smallest absolute Gasteiger partial charge is 0.407 e. The lowest BCUT2D eigenvalue weighted by atomic mass is 9.81. The van der Waals surface area contributed by atoms with E-state index in [0.29, 0.717) is 43.2 Å². The van der Waals surface area contributed by atoms with E-state index in [0.717, 1.165) is 40.8 Å². The SMILES string of the molecule is COc1ccc(-c2ccc(C[C@H](NC(=O)C3CCC(CNC(=O)OC(C)(C)C)CC3)C(=O)Nc3ccc(-c4nn[nH]n4)cc3)cc2)c(C)n1. The highest BCUT2D eigenvalue weighted by molar-refractivity contribution is 5.97. The van der Waals surface area contributed by atoms with Gasteiger partial charge in [-0.2, -0.15) is 5.21 Å². The van der Waals surface area contributed by atoms with Crippen LogP contribution in [0, 0.1) is 18.8 Å². The average Bonchev–Trinajstić information content (AvgIpc) is 3.62. The highest BCUT2D eigenvalue weighted by Crippen LogP contribution is 2.29. The van der Waals surface area contributed by atoms with Crippen LogP contribution in [0.25, 0.3) is 22.5 Å². The fraction of sp³-hybridized carbons (Fsp3) is 0.417. The molecule has 4 N–H and O–H groups in total. The maximum atomic E-state index is 13.7. The Morgan fingerprint density at radius 3 is 2.24 bits per heavy atom. The third-order valence-electron chi connectivity index (χ3n) is 8.51. The van der Waals surface area contributed by atoms with Crippen LogP contribution in [0.5, 0.6) is 5.88 Å². The predicted molar refractivity (Wildman–Crippen MR) is 185 cm³/mol.